The normalized spacial score (nSPS) is 15.3. The number of nitrogens with zero attached hydrogens (tertiary/aromatic N) is 3. The summed E-state index contributed by atoms with van der Waals surface area (Å²) in [5, 5.41) is 3.26. The van der Waals surface area contributed by atoms with Crippen LogP contribution in [0.2, 0.25) is 0 Å². The highest BCUT2D eigenvalue weighted by Crippen LogP contribution is 2.15. The molecule has 0 atom stereocenters. The van der Waals surface area contributed by atoms with E-state index in [0.717, 1.165) is 31.2 Å². The smallest absolute Gasteiger partial charge is 0.272 e. The molecule has 0 bridgehead atoms. The number of guanidine groups is 1. The highest BCUT2D eigenvalue weighted by atomic mass is 19.3. The largest absolute Gasteiger partial charge is 0.488 e. The molecule has 0 aliphatic carbocycles. The highest BCUT2D eigenvalue weighted by Gasteiger charge is 2.20. The van der Waals surface area contributed by atoms with Crippen molar-refractivity contribution in [3.05, 3.63) is 29.8 Å². The third-order valence-corrected chi connectivity index (χ3v) is 4.05. The Hall–Kier alpha value is -2.38. The van der Waals surface area contributed by atoms with Crippen LogP contribution >= 0.6 is 0 Å². The van der Waals surface area contributed by atoms with E-state index < -0.39 is 13.0 Å². The molecule has 1 aromatic rings. The molecule has 1 heterocycles. The minimum atomic E-state index is -2.49. The second-order valence-electron chi connectivity index (χ2n) is 6.01. The van der Waals surface area contributed by atoms with Gasteiger partial charge in [-0.3, -0.25) is 4.79 Å². The van der Waals surface area contributed by atoms with Gasteiger partial charge in [0.05, 0.1) is 6.54 Å². The molecule has 0 saturated carbocycles. The SMILES string of the molecule is CCNC(=NCc1cccc(OCC(F)F)c1)N1CCN(C(C)=O)CC1. The van der Waals surface area contributed by atoms with Gasteiger partial charge in [0.15, 0.2) is 5.96 Å². The summed E-state index contributed by atoms with van der Waals surface area (Å²) in [4.78, 5) is 20.0. The Morgan fingerprint density at radius 2 is 1.96 bits per heavy atom. The standard InChI is InChI=1S/C18H26F2N4O2/c1-3-21-18(24-9-7-23(8-10-24)14(2)25)22-12-15-5-4-6-16(11-15)26-13-17(19)20/h4-6,11,17H,3,7-10,12-13H2,1-2H3,(H,21,22). The lowest BCUT2D eigenvalue weighted by molar-refractivity contribution is -0.130. The second kappa shape index (κ2) is 9.94. The van der Waals surface area contributed by atoms with E-state index in [1.807, 2.05) is 17.9 Å². The van der Waals surface area contributed by atoms with Gasteiger partial charge in [0, 0.05) is 39.6 Å². The molecule has 1 aliphatic heterocycles. The van der Waals surface area contributed by atoms with Gasteiger partial charge in [-0.2, -0.15) is 0 Å². The molecular weight excluding hydrogens is 342 g/mol. The van der Waals surface area contributed by atoms with E-state index in [9.17, 15) is 13.6 Å². The number of benzene rings is 1. The molecule has 1 N–H and O–H groups in total. The van der Waals surface area contributed by atoms with Gasteiger partial charge in [0.2, 0.25) is 5.91 Å². The van der Waals surface area contributed by atoms with E-state index in [0.29, 0.717) is 25.4 Å². The van der Waals surface area contributed by atoms with Gasteiger partial charge in [0.1, 0.15) is 12.4 Å². The van der Waals surface area contributed by atoms with Crippen molar-refractivity contribution >= 4 is 11.9 Å². The number of aliphatic imine (C=N–C) groups is 1. The van der Waals surface area contributed by atoms with Crippen LogP contribution in [0.5, 0.6) is 5.75 Å². The Morgan fingerprint density at radius 3 is 2.58 bits per heavy atom. The summed E-state index contributed by atoms with van der Waals surface area (Å²) in [7, 11) is 0. The summed E-state index contributed by atoms with van der Waals surface area (Å²) in [5.74, 6) is 1.29. The lowest BCUT2D eigenvalue weighted by atomic mass is 10.2. The van der Waals surface area contributed by atoms with E-state index in [4.69, 9.17) is 4.74 Å². The maximum Gasteiger partial charge on any atom is 0.272 e. The predicted octanol–water partition coefficient (Wildman–Crippen LogP) is 1.96. The van der Waals surface area contributed by atoms with Crippen molar-refractivity contribution < 1.29 is 18.3 Å². The maximum absolute atomic E-state index is 12.3. The first-order valence-electron chi connectivity index (χ1n) is 8.78. The van der Waals surface area contributed by atoms with Gasteiger partial charge < -0.3 is 19.9 Å². The van der Waals surface area contributed by atoms with Crippen LogP contribution in [0, 0.1) is 0 Å². The summed E-state index contributed by atoms with van der Waals surface area (Å²) in [6.45, 7) is 6.93. The molecule has 0 radical (unpaired) electrons. The zero-order chi connectivity index (χ0) is 18.9. The maximum atomic E-state index is 12.3. The van der Waals surface area contributed by atoms with Crippen molar-refractivity contribution in [3.8, 4) is 5.75 Å². The molecule has 6 nitrogen and oxygen atoms in total. The Bertz CT molecular complexity index is 617. The van der Waals surface area contributed by atoms with Gasteiger partial charge in [-0.25, -0.2) is 13.8 Å². The van der Waals surface area contributed by atoms with Crippen molar-refractivity contribution in [1.29, 1.82) is 0 Å². The van der Waals surface area contributed by atoms with Crippen LogP contribution < -0.4 is 10.1 Å². The van der Waals surface area contributed by atoms with E-state index >= 15 is 0 Å². The average molecular weight is 368 g/mol. The summed E-state index contributed by atoms with van der Waals surface area (Å²) in [6, 6.07) is 7.03. The van der Waals surface area contributed by atoms with Gasteiger partial charge in [-0.05, 0) is 24.6 Å². The minimum Gasteiger partial charge on any atom is -0.488 e. The number of carbonyl (C=O) groups excluding carboxylic acids is 1. The molecule has 26 heavy (non-hydrogen) atoms. The number of nitrogens with one attached hydrogen (secondary N) is 1. The number of carbonyl (C=O) groups is 1. The second-order valence-corrected chi connectivity index (χ2v) is 6.01. The lowest BCUT2D eigenvalue weighted by Crippen LogP contribution is -2.53. The molecule has 1 saturated heterocycles. The number of piperazine rings is 1. The van der Waals surface area contributed by atoms with E-state index in [1.54, 1.807) is 25.1 Å². The topological polar surface area (TPSA) is 57.2 Å². The zero-order valence-corrected chi connectivity index (χ0v) is 15.3. The number of rotatable bonds is 6. The van der Waals surface area contributed by atoms with Crippen molar-refractivity contribution in [3.63, 3.8) is 0 Å². The van der Waals surface area contributed by atoms with Gasteiger partial charge in [-0.15, -0.1) is 0 Å². The Kier molecular flexibility index (Phi) is 7.62. The van der Waals surface area contributed by atoms with E-state index in [1.165, 1.54) is 0 Å². The number of ether oxygens (including phenoxy) is 1. The summed E-state index contributed by atoms with van der Waals surface area (Å²) in [6.07, 6.45) is -2.49. The average Bonchev–Trinajstić information content (AvgIpc) is 2.64. The summed E-state index contributed by atoms with van der Waals surface area (Å²) < 4.78 is 29.6. The fourth-order valence-corrected chi connectivity index (χ4v) is 2.72. The minimum absolute atomic E-state index is 0.0900. The Balaban J connectivity index is 1.98. The van der Waals surface area contributed by atoms with Crippen LogP contribution in [0.4, 0.5) is 8.78 Å². The van der Waals surface area contributed by atoms with Crippen LogP contribution in [-0.2, 0) is 11.3 Å². The van der Waals surface area contributed by atoms with Crippen molar-refractivity contribution in [2.24, 2.45) is 4.99 Å². The first kappa shape index (κ1) is 19.9. The zero-order valence-electron chi connectivity index (χ0n) is 15.3. The molecule has 1 fully saturated rings. The first-order chi connectivity index (χ1) is 12.5. The number of halogens is 2. The van der Waals surface area contributed by atoms with Crippen LogP contribution in [0.1, 0.15) is 19.4 Å². The molecule has 1 aromatic carbocycles. The summed E-state index contributed by atoms with van der Waals surface area (Å²) >= 11 is 0. The van der Waals surface area contributed by atoms with Crippen molar-refractivity contribution in [1.82, 2.24) is 15.1 Å². The molecule has 0 unspecified atom stereocenters. The van der Waals surface area contributed by atoms with Crippen molar-refractivity contribution in [2.45, 2.75) is 26.8 Å². The first-order valence-corrected chi connectivity index (χ1v) is 8.78. The van der Waals surface area contributed by atoms with Gasteiger partial charge >= 0.3 is 0 Å². The fraction of sp³-hybridized carbons (Fsp3) is 0.556. The lowest BCUT2D eigenvalue weighted by Gasteiger charge is -2.36. The fourth-order valence-electron chi connectivity index (χ4n) is 2.72. The monoisotopic (exact) mass is 368 g/mol. The quantitative estimate of drug-likeness (QED) is 0.616. The highest BCUT2D eigenvalue weighted by molar-refractivity contribution is 5.80. The molecule has 0 aromatic heterocycles. The van der Waals surface area contributed by atoms with Gasteiger partial charge in [-0.1, -0.05) is 12.1 Å². The molecule has 1 amide bonds. The molecule has 2 rings (SSSR count). The van der Waals surface area contributed by atoms with Crippen LogP contribution in [0.25, 0.3) is 0 Å². The number of hydrogen-bond acceptors (Lipinski definition) is 3. The van der Waals surface area contributed by atoms with Gasteiger partial charge in [0.25, 0.3) is 6.43 Å². The predicted molar refractivity (Wildman–Crippen MR) is 96.6 cm³/mol. The Morgan fingerprint density at radius 1 is 1.27 bits per heavy atom. The van der Waals surface area contributed by atoms with E-state index in [-0.39, 0.29) is 5.91 Å². The Labute approximate surface area is 152 Å². The van der Waals surface area contributed by atoms with E-state index in [2.05, 4.69) is 15.2 Å². The molecular formula is C18H26F2N4O2. The summed E-state index contributed by atoms with van der Waals surface area (Å²) in [5.41, 5.74) is 0.884. The number of alkyl halides is 2. The van der Waals surface area contributed by atoms with Crippen LogP contribution in [0.15, 0.2) is 29.3 Å². The molecule has 0 spiro atoms. The van der Waals surface area contributed by atoms with Crippen LogP contribution in [-0.4, -0.2) is 67.4 Å². The molecule has 144 valence electrons. The van der Waals surface area contributed by atoms with Crippen molar-refractivity contribution in [2.75, 3.05) is 39.3 Å². The molecule has 8 heteroatoms. The third-order valence-electron chi connectivity index (χ3n) is 4.05. The number of amides is 1. The number of hydrogen-bond donors (Lipinski definition) is 1. The third kappa shape index (κ3) is 6.16. The van der Waals surface area contributed by atoms with Crippen LogP contribution in [0.3, 0.4) is 0 Å². The molecule has 1 aliphatic rings.